The van der Waals surface area contributed by atoms with Gasteiger partial charge < -0.3 is 9.68 Å². The topological polar surface area (TPSA) is 29.5 Å². The Bertz CT molecular complexity index is 217. The molecule has 1 N–H and O–H groups in total. The predicted molar refractivity (Wildman–Crippen MR) is 47.8 cm³/mol. The van der Waals surface area contributed by atoms with Crippen molar-refractivity contribution in [1.82, 2.24) is 0 Å². The van der Waals surface area contributed by atoms with Crippen molar-refractivity contribution in [3.05, 3.63) is 27.8 Å². The summed E-state index contributed by atoms with van der Waals surface area (Å²) in [5.74, 6) is 0.672. The molecule has 0 atom stereocenters. The van der Waals surface area contributed by atoms with E-state index in [0.717, 1.165) is 3.57 Å². The summed E-state index contributed by atoms with van der Waals surface area (Å²) in [6.07, 6.45) is 0. The van der Waals surface area contributed by atoms with Crippen LogP contribution in [0.4, 0.5) is 0 Å². The smallest absolute Gasteiger partial charge is 0.537 e. The Labute approximate surface area is 73.7 Å². The molecular weight excluding hydrogens is 242 g/mol. The van der Waals surface area contributed by atoms with Crippen molar-refractivity contribution < 1.29 is 9.68 Å². The van der Waals surface area contributed by atoms with E-state index in [2.05, 4.69) is 22.6 Å². The lowest BCUT2D eigenvalue weighted by Gasteiger charge is -2.01. The van der Waals surface area contributed by atoms with E-state index in [1.807, 2.05) is 18.2 Å². The minimum atomic E-state index is 0.672. The SMILES string of the molecule is O[B]Oc1ccccc1I. The van der Waals surface area contributed by atoms with Crippen molar-refractivity contribution in [1.29, 1.82) is 0 Å². The molecule has 0 heterocycles. The number of hydrogen-bond acceptors (Lipinski definition) is 2. The molecule has 0 aliphatic rings. The van der Waals surface area contributed by atoms with Crippen LogP contribution < -0.4 is 4.65 Å². The minimum absolute atomic E-state index is 0.672. The van der Waals surface area contributed by atoms with E-state index in [1.54, 1.807) is 6.07 Å². The highest BCUT2D eigenvalue weighted by molar-refractivity contribution is 14.1. The third kappa shape index (κ3) is 1.88. The van der Waals surface area contributed by atoms with E-state index in [4.69, 9.17) is 9.68 Å². The molecule has 51 valence electrons. The summed E-state index contributed by atoms with van der Waals surface area (Å²) < 4.78 is 5.74. The zero-order chi connectivity index (χ0) is 7.40. The van der Waals surface area contributed by atoms with E-state index in [1.165, 1.54) is 0 Å². The quantitative estimate of drug-likeness (QED) is 0.628. The van der Waals surface area contributed by atoms with Crippen molar-refractivity contribution >= 4 is 30.3 Å². The van der Waals surface area contributed by atoms with Crippen LogP contribution in [0.2, 0.25) is 0 Å². The lowest BCUT2D eigenvalue weighted by molar-refractivity contribution is 0.452. The lowest BCUT2D eigenvalue weighted by atomic mass is 10.3. The molecule has 10 heavy (non-hydrogen) atoms. The van der Waals surface area contributed by atoms with Crippen molar-refractivity contribution in [2.24, 2.45) is 0 Å². The molecule has 0 unspecified atom stereocenters. The van der Waals surface area contributed by atoms with Gasteiger partial charge in [0.1, 0.15) is 5.75 Å². The third-order valence-corrected chi connectivity index (χ3v) is 1.91. The molecule has 0 aliphatic carbocycles. The summed E-state index contributed by atoms with van der Waals surface area (Å²) >= 11 is 2.13. The fraction of sp³-hybridized carbons (Fsp3) is 0. The summed E-state index contributed by atoms with van der Waals surface area (Å²) in [6.45, 7) is 0. The average Bonchev–Trinajstić information content (AvgIpc) is 1.94. The Morgan fingerprint density at radius 3 is 2.70 bits per heavy atom. The van der Waals surface area contributed by atoms with E-state index in [-0.39, 0.29) is 0 Å². The lowest BCUT2D eigenvalue weighted by Crippen LogP contribution is -2.00. The van der Waals surface area contributed by atoms with Gasteiger partial charge in [0, 0.05) is 0 Å². The fourth-order valence-corrected chi connectivity index (χ4v) is 1.11. The molecule has 0 aromatic heterocycles. The molecule has 2 nitrogen and oxygen atoms in total. The summed E-state index contributed by atoms with van der Waals surface area (Å²) in [4.78, 5) is 0. The van der Waals surface area contributed by atoms with Crippen LogP contribution in [-0.4, -0.2) is 12.7 Å². The fourth-order valence-electron chi connectivity index (χ4n) is 0.597. The Kier molecular flexibility index (Phi) is 3.01. The third-order valence-electron chi connectivity index (χ3n) is 1.02. The van der Waals surface area contributed by atoms with Crippen LogP contribution in [-0.2, 0) is 0 Å². The molecule has 0 amide bonds. The Morgan fingerprint density at radius 2 is 2.10 bits per heavy atom. The van der Waals surface area contributed by atoms with Gasteiger partial charge >= 0.3 is 7.69 Å². The normalized spacial score (nSPS) is 9.00. The highest BCUT2D eigenvalue weighted by Gasteiger charge is 1.97. The van der Waals surface area contributed by atoms with E-state index >= 15 is 0 Å². The van der Waals surface area contributed by atoms with Gasteiger partial charge in [0.25, 0.3) is 0 Å². The van der Waals surface area contributed by atoms with Gasteiger partial charge in [0.2, 0.25) is 0 Å². The monoisotopic (exact) mass is 247 g/mol. The number of benzene rings is 1. The standard InChI is InChI=1S/C6H5BIO2/c8-5-3-1-2-4-6(5)10-7-9/h1-4,9H. The van der Waals surface area contributed by atoms with Crippen molar-refractivity contribution in [2.45, 2.75) is 0 Å². The van der Waals surface area contributed by atoms with Gasteiger partial charge in [-0.3, -0.25) is 0 Å². The maximum absolute atomic E-state index is 8.29. The van der Waals surface area contributed by atoms with E-state index in [9.17, 15) is 0 Å². The van der Waals surface area contributed by atoms with Crippen LogP contribution >= 0.6 is 22.6 Å². The molecule has 0 aliphatic heterocycles. The van der Waals surface area contributed by atoms with Crippen LogP contribution in [0.25, 0.3) is 0 Å². The summed E-state index contributed by atoms with van der Waals surface area (Å²) in [6, 6.07) is 7.45. The van der Waals surface area contributed by atoms with Gasteiger partial charge in [-0.1, -0.05) is 12.1 Å². The van der Waals surface area contributed by atoms with Crippen LogP contribution in [0.1, 0.15) is 0 Å². The van der Waals surface area contributed by atoms with Gasteiger partial charge in [-0.15, -0.1) is 0 Å². The number of para-hydroxylation sites is 1. The molecule has 0 bridgehead atoms. The van der Waals surface area contributed by atoms with Crippen LogP contribution in [0.5, 0.6) is 5.75 Å². The first-order valence-electron chi connectivity index (χ1n) is 2.71. The maximum atomic E-state index is 8.29. The number of hydrogen-bond donors (Lipinski definition) is 1. The highest BCUT2D eigenvalue weighted by atomic mass is 127. The second-order valence-corrected chi connectivity index (χ2v) is 2.82. The van der Waals surface area contributed by atoms with Crippen LogP contribution in [0, 0.1) is 3.57 Å². The zero-order valence-corrected chi connectivity index (χ0v) is 7.28. The first-order valence-corrected chi connectivity index (χ1v) is 3.79. The molecule has 0 saturated carbocycles. The van der Waals surface area contributed by atoms with Gasteiger partial charge in [0.15, 0.2) is 0 Å². The first kappa shape index (κ1) is 7.88. The largest absolute Gasteiger partial charge is 0.569 e. The molecule has 1 radical (unpaired) electrons. The van der Waals surface area contributed by atoms with Crippen molar-refractivity contribution in [3.8, 4) is 5.75 Å². The Hall–Kier alpha value is -0.225. The average molecular weight is 247 g/mol. The molecular formula is C6H5BIO2. The highest BCUT2D eigenvalue weighted by Crippen LogP contribution is 2.18. The van der Waals surface area contributed by atoms with Gasteiger partial charge in [-0.05, 0) is 34.7 Å². The molecule has 1 aromatic carbocycles. The second-order valence-electron chi connectivity index (χ2n) is 1.65. The van der Waals surface area contributed by atoms with Crippen molar-refractivity contribution in [2.75, 3.05) is 0 Å². The Morgan fingerprint density at radius 1 is 1.40 bits per heavy atom. The van der Waals surface area contributed by atoms with E-state index < -0.39 is 0 Å². The molecule has 0 spiro atoms. The maximum Gasteiger partial charge on any atom is 0.569 e. The first-order chi connectivity index (χ1) is 4.84. The zero-order valence-electron chi connectivity index (χ0n) is 5.12. The van der Waals surface area contributed by atoms with Crippen LogP contribution in [0.3, 0.4) is 0 Å². The molecule has 0 saturated heterocycles. The van der Waals surface area contributed by atoms with Gasteiger partial charge in [-0.25, -0.2) is 0 Å². The summed E-state index contributed by atoms with van der Waals surface area (Å²) in [5.41, 5.74) is 0. The predicted octanol–water partition coefficient (Wildman–Crippen LogP) is 1.20. The number of halogens is 1. The van der Waals surface area contributed by atoms with Crippen LogP contribution in [0.15, 0.2) is 24.3 Å². The summed E-state index contributed by atoms with van der Waals surface area (Å²) in [5, 5.41) is 8.29. The minimum Gasteiger partial charge on any atom is -0.537 e. The Balaban J connectivity index is 2.81. The molecule has 1 aromatic rings. The number of rotatable bonds is 2. The van der Waals surface area contributed by atoms with E-state index in [0.29, 0.717) is 13.4 Å². The molecule has 1 rings (SSSR count). The van der Waals surface area contributed by atoms with Gasteiger partial charge in [0.05, 0.1) is 3.57 Å². The molecule has 0 fully saturated rings. The summed E-state index contributed by atoms with van der Waals surface area (Å²) in [7, 11) is 0.678. The van der Waals surface area contributed by atoms with Gasteiger partial charge in [-0.2, -0.15) is 0 Å². The second kappa shape index (κ2) is 3.83. The molecule has 4 heteroatoms. The van der Waals surface area contributed by atoms with Crippen molar-refractivity contribution in [3.63, 3.8) is 0 Å².